The minimum absolute atomic E-state index is 0.0670. The van der Waals surface area contributed by atoms with Crippen molar-refractivity contribution in [2.24, 2.45) is 5.92 Å². The summed E-state index contributed by atoms with van der Waals surface area (Å²) in [5.41, 5.74) is -0.603. The molecule has 1 unspecified atom stereocenters. The maximum absolute atomic E-state index is 12.1. The Morgan fingerprint density at radius 3 is 2.67 bits per heavy atom. The second kappa shape index (κ2) is 6.18. The van der Waals surface area contributed by atoms with Crippen LogP contribution in [-0.4, -0.2) is 47.1 Å². The summed E-state index contributed by atoms with van der Waals surface area (Å²) in [5.74, 6) is -0.114. The molecule has 1 heterocycles. The fourth-order valence-corrected chi connectivity index (χ4v) is 2.12. The average molecular weight is 256 g/mol. The number of carbonyl (C=O) groups excluding carboxylic acids is 2. The number of rotatable bonds is 4. The molecular formula is C13H24N2O3. The van der Waals surface area contributed by atoms with Crippen LogP contribution in [0.2, 0.25) is 0 Å². The zero-order valence-corrected chi connectivity index (χ0v) is 11.5. The first kappa shape index (κ1) is 15.0. The Labute approximate surface area is 109 Å². The van der Waals surface area contributed by atoms with Crippen LogP contribution in [0.3, 0.4) is 0 Å². The fourth-order valence-electron chi connectivity index (χ4n) is 2.12. The molecule has 5 nitrogen and oxygen atoms in total. The van der Waals surface area contributed by atoms with Gasteiger partial charge in [0, 0.05) is 19.5 Å². The standard InChI is InChI=1S/C13H24N2O3/c1-4-11(17)15-7-5-6-10(8-15)12(18)14-13(2,3)9-16/h10,16H,4-9H2,1-3H3,(H,14,18). The van der Waals surface area contributed by atoms with Crippen molar-refractivity contribution in [1.82, 2.24) is 10.2 Å². The van der Waals surface area contributed by atoms with Gasteiger partial charge in [0.15, 0.2) is 0 Å². The van der Waals surface area contributed by atoms with Crippen molar-refractivity contribution in [2.75, 3.05) is 19.7 Å². The van der Waals surface area contributed by atoms with E-state index in [4.69, 9.17) is 5.11 Å². The maximum atomic E-state index is 12.1. The second-order valence-electron chi connectivity index (χ2n) is 5.56. The molecule has 1 aliphatic rings. The smallest absolute Gasteiger partial charge is 0.225 e. The van der Waals surface area contributed by atoms with Gasteiger partial charge in [0.25, 0.3) is 0 Å². The first-order valence-corrected chi connectivity index (χ1v) is 6.60. The molecule has 1 atom stereocenters. The molecule has 0 radical (unpaired) electrons. The van der Waals surface area contributed by atoms with Crippen LogP contribution in [0.4, 0.5) is 0 Å². The van der Waals surface area contributed by atoms with E-state index in [1.807, 2.05) is 6.92 Å². The number of aliphatic hydroxyl groups is 1. The first-order valence-electron chi connectivity index (χ1n) is 6.60. The van der Waals surface area contributed by atoms with Crippen LogP contribution in [0.1, 0.15) is 40.0 Å². The van der Waals surface area contributed by atoms with Gasteiger partial charge in [-0.2, -0.15) is 0 Å². The van der Waals surface area contributed by atoms with Crippen LogP contribution in [0.5, 0.6) is 0 Å². The van der Waals surface area contributed by atoms with Gasteiger partial charge in [-0.05, 0) is 26.7 Å². The molecule has 0 aromatic rings. The minimum Gasteiger partial charge on any atom is -0.394 e. The molecule has 0 spiro atoms. The van der Waals surface area contributed by atoms with E-state index in [0.717, 1.165) is 19.4 Å². The summed E-state index contributed by atoms with van der Waals surface area (Å²) in [5, 5.41) is 12.0. The van der Waals surface area contributed by atoms with Crippen LogP contribution < -0.4 is 5.32 Å². The lowest BCUT2D eigenvalue weighted by Gasteiger charge is -2.34. The van der Waals surface area contributed by atoms with Crippen molar-refractivity contribution in [1.29, 1.82) is 0 Å². The Bertz CT molecular complexity index is 315. The number of amides is 2. The van der Waals surface area contributed by atoms with Gasteiger partial charge >= 0.3 is 0 Å². The second-order valence-corrected chi connectivity index (χ2v) is 5.56. The predicted octanol–water partition coefficient (Wildman–Crippen LogP) is 0.522. The monoisotopic (exact) mass is 256 g/mol. The lowest BCUT2D eigenvalue weighted by atomic mass is 9.95. The van der Waals surface area contributed by atoms with Gasteiger partial charge in [0.05, 0.1) is 18.1 Å². The number of piperidine rings is 1. The fraction of sp³-hybridized carbons (Fsp3) is 0.846. The molecule has 2 N–H and O–H groups in total. The van der Waals surface area contributed by atoms with E-state index in [1.165, 1.54) is 0 Å². The predicted molar refractivity (Wildman–Crippen MR) is 68.9 cm³/mol. The molecule has 0 bridgehead atoms. The van der Waals surface area contributed by atoms with Crippen molar-refractivity contribution < 1.29 is 14.7 Å². The van der Waals surface area contributed by atoms with Crippen LogP contribution in [0.15, 0.2) is 0 Å². The van der Waals surface area contributed by atoms with E-state index < -0.39 is 5.54 Å². The highest BCUT2D eigenvalue weighted by Gasteiger charge is 2.30. The largest absolute Gasteiger partial charge is 0.394 e. The van der Waals surface area contributed by atoms with Crippen molar-refractivity contribution >= 4 is 11.8 Å². The number of hydrogen-bond acceptors (Lipinski definition) is 3. The Kier molecular flexibility index (Phi) is 5.14. The minimum atomic E-state index is -0.603. The van der Waals surface area contributed by atoms with Gasteiger partial charge in [-0.1, -0.05) is 6.92 Å². The highest BCUT2D eigenvalue weighted by molar-refractivity contribution is 5.81. The van der Waals surface area contributed by atoms with E-state index in [9.17, 15) is 9.59 Å². The molecule has 1 aliphatic heterocycles. The molecule has 0 aliphatic carbocycles. The molecule has 18 heavy (non-hydrogen) atoms. The van der Waals surface area contributed by atoms with Crippen molar-refractivity contribution in [3.63, 3.8) is 0 Å². The molecule has 0 aromatic heterocycles. The van der Waals surface area contributed by atoms with Gasteiger partial charge in [-0.3, -0.25) is 9.59 Å². The number of nitrogens with one attached hydrogen (secondary N) is 1. The van der Waals surface area contributed by atoms with E-state index in [1.54, 1.807) is 18.7 Å². The topological polar surface area (TPSA) is 69.6 Å². The van der Waals surface area contributed by atoms with Gasteiger partial charge in [-0.15, -0.1) is 0 Å². The van der Waals surface area contributed by atoms with E-state index >= 15 is 0 Å². The number of nitrogens with zero attached hydrogens (tertiary/aromatic N) is 1. The molecule has 2 amide bonds. The Morgan fingerprint density at radius 2 is 2.11 bits per heavy atom. The van der Waals surface area contributed by atoms with Crippen LogP contribution in [0.25, 0.3) is 0 Å². The third-order valence-electron chi connectivity index (χ3n) is 3.30. The highest BCUT2D eigenvalue weighted by atomic mass is 16.3. The summed E-state index contributed by atoms with van der Waals surface area (Å²) >= 11 is 0. The third kappa shape index (κ3) is 3.98. The molecule has 0 aromatic carbocycles. The van der Waals surface area contributed by atoms with Gasteiger partial charge in [0.2, 0.25) is 11.8 Å². The summed E-state index contributed by atoms with van der Waals surface area (Å²) in [6.45, 7) is 6.55. The van der Waals surface area contributed by atoms with E-state index in [2.05, 4.69) is 5.32 Å². The molecule has 1 rings (SSSR count). The van der Waals surface area contributed by atoms with Crippen LogP contribution >= 0.6 is 0 Å². The zero-order valence-electron chi connectivity index (χ0n) is 11.5. The normalized spacial score (nSPS) is 20.7. The van der Waals surface area contributed by atoms with E-state index in [-0.39, 0.29) is 24.3 Å². The Morgan fingerprint density at radius 1 is 1.44 bits per heavy atom. The molecule has 1 fully saturated rings. The summed E-state index contributed by atoms with van der Waals surface area (Å²) in [7, 11) is 0. The molecule has 1 saturated heterocycles. The Hall–Kier alpha value is -1.10. The van der Waals surface area contributed by atoms with Crippen LogP contribution in [0, 0.1) is 5.92 Å². The van der Waals surface area contributed by atoms with Gasteiger partial charge in [0.1, 0.15) is 0 Å². The molecule has 0 saturated carbocycles. The summed E-state index contributed by atoms with van der Waals surface area (Å²) in [6, 6.07) is 0. The Balaban J connectivity index is 2.56. The zero-order chi connectivity index (χ0) is 13.8. The van der Waals surface area contributed by atoms with Crippen molar-refractivity contribution in [3.8, 4) is 0 Å². The number of hydrogen-bond donors (Lipinski definition) is 2. The number of likely N-dealkylation sites (tertiary alicyclic amines) is 1. The lowest BCUT2D eigenvalue weighted by molar-refractivity contribution is -0.136. The SMILES string of the molecule is CCC(=O)N1CCCC(C(=O)NC(C)(C)CO)C1. The summed E-state index contributed by atoms with van der Waals surface area (Å²) < 4.78 is 0. The quantitative estimate of drug-likeness (QED) is 0.770. The number of carbonyl (C=O) groups is 2. The summed E-state index contributed by atoms with van der Waals surface area (Å²) in [6.07, 6.45) is 2.15. The molecule has 104 valence electrons. The average Bonchev–Trinajstić information content (AvgIpc) is 2.37. The van der Waals surface area contributed by atoms with Gasteiger partial charge < -0.3 is 15.3 Å². The third-order valence-corrected chi connectivity index (χ3v) is 3.30. The molecular weight excluding hydrogens is 232 g/mol. The first-order chi connectivity index (χ1) is 8.39. The van der Waals surface area contributed by atoms with E-state index in [0.29, 0.717) is 13.0 Å². The highest BCUT2D eigenvalue weighted by Crippen LogP contribution is 2.18. The van der Waals surface area contributed by atoms with Crippen molar-refractivity contribution in [2.45, 2.75) is 45.6 Å². The van der Waals surface area contributed by atoms with Gasteiger partial charge in [-0.25, -0.2) is 0 Å². The summed E-state index contributed by atoms with van der Waals surface area (Å²) in [4.78, 5) is 25.5. The van der Waals surface area contributed by atoms with Crippen molar-refractivity contribution in [3.05, 3.63) is 0 Å². The lowest BCUT2D eigenvalue weighted by Crippen LogP contribution is -2.52. The number of aliphatic hydroxyl groups excluding tert-OH is 1. The van der Waals surface area contributed by atoms with Crippen LogP contribution in [-0.2, 0) is 9.59 Å². The maximum Gasteiger partial charge on any atom is 0.225 e. The molecule has 5 heteroatoms.